The minimum absolute atomic E-state index is 0.374. The summed E-state index contributed by atoms with van der Waals surface area (Å²) < 4.78 is 0. The van der Waals surface area contributed by atoms with E-state index in [1.807, 2.05) is 17.5 Å². The van der Waals surface area contributed by atoms with Gasteiger partial charge in [0.25, 0.3) is 0 Å². The van der Waals surface area contributed by atoms with Crippen LogP contribution in [0.25, 0.3) is 0 Å². The standard InChI is InChI=1S/C18H24N2S/c1-4-17-11-19-18(21-17)13(3)20-16-9-15(10-16)14-7-5-12(2)6-8-14/h5-8,11,13,15-16,20H,4,9-10H2,1-3H3. The largest absolute Gasteiger partial charge is 0.305 e. The average molecular weight is 300 g/mol. The molecular formula is C18H24N2S. The van der Waals surface area contributed by atoms with Crippen LogP contribution in [-0.2, 0) is 6.42 Å². The van der Waals surface area contributed by atoms with E-state index < -0.39 is 0 Å². The zero-order valence-corrected chi connectivity index (χ0v) is 13.9. The fourth-order valence-corrected chi connectivity index (χ4v) is 3.84. The zero-order chi connectivity index (χ0) is 14.8. The lowest BCUT2D eigenvalue weighted by molar-refractivity contribution is 0.270. The van der Waals surface area contributed by atoms with Gasteiger partial charge in [0, 0.05) is 17.1 Å². The number of benzene rings is 1. The molecule has 1 aromatic carbocycles. The fraction of sp³-hybridized carbons (Fsp3) is 0.500. The number of aromatic nitrogens is 1. The number of thiazole rings is 1. The van der Waals surface area contributed by atoms with E-state index in [1.54, 1.807) is 0 Å². The molecule has 1 unspecified atom stereocenters. The molecule has 0 radical (unpaired) electrons. The van der Waals surface area contributed by atoms with Crippen molar-refractivity contribution in [2.24, 2.45) is 0 Å². The highest BCUT2D eigenvalue weighted by molar-refractivity contribution is 7.11. The Labute approximate surface area is 131 Å². The summed E-state index contributed by atoms with van der Waals surface area (Å²) >= 11 is 1.84. The highest BCUT2D eigenvalue weighted by Gasteiger charge is 2.31. The van der Waals surface area contributed by atoms with Crippen LogP contribution in [0.1, 0.15) is 59.7 Å². The Kier molecular flexibility index (Phi) is 4.41. The predicted octanol–water partition coefficient (Wildman–Crippen LogP) is 4.61. The van der Waals surface area contributed by atoms with Crippen LogP contribution in [0.4, 0.5) is 0 Å². The number of nitrogens with zero attached hydrogens (tertiary/aromatic N) is 1. The summed E-state index contributed by atoms with van der Waals surface area (Å²) in [5.74, 6) is 0.734. The first kappa shape index (κ1) is 14.7. The van der Waals surface area contributed by atoms with Gasteiger partial charge in [-0.1, -0.05) is 36.8 Å². The molecule has 3 rings (SSSR count). The van der Waals surface area contributed by atoms with Gasteiger partial charge in [0.1, 0.15) is 5.01 Å². The van der Waals surface area contributed by atoms with Gasteiger partial charge in [-0.25, -0.2) is 4.98 Å². The van der Waals surface area contributed by atoms with Crippen molar-refractivity contribution in [3.8, 4) is 0 Å². The summed E-state index contributed by atoms with van der Waals surface area (Å²) in [5.41, 5.74) is 2.84. The Morgan fingerprint density at radius 2 is 2.00 bits per heavy atom. The molecule has 2 aromatic rings. The molecule has 1 N–H and O–H groups in total. The Morgan fingerprint density at radius 1 is 1.29 bits per heavy atom. The van der Waals surface area contributed by atoms with E-state index >= 15 is 0 Å². The van der Waals surface area contributed by atoms with Crippen molar-refractivity contribution < 1.29 is 0 Å². The summed E-state index contributed by atoms with van der Waals surface area (Å²) in [6, 6.07) is 10.0. The highest BCUT2D eigenvalue weighted by atomic mass is 32.1. The molecule has 0 saturated heterocycles. The number of hydrogen-bond acceptors (Lipinski definition) is 3. The van der Waals surface area contributed by atoms with Gasteiger partial charge in [0.2, 0.25) is 0 Å². The van der Waals surface area contributed by atoms with Crippen LogP contribution in [0, 0.1) is 6.92 Å². The second kappa shape index (κ2) is 6.29. The second-order valence-electron chi connectivity index (χ2n) is 6.18. The molecule has 0 bridgehead atoms. The van der Waals surface area contributed by atoms with Gasteiger partial charge in [-0.15, -0.1) is 11.3 Å². The van der Waals surface area contributed by atoms with Crippen LogP contribution in [0.5, 0.6) is 0 Å². The molecule has 1 heterocycles. The maximum absolute atomic E-state index is 4.54. The van der Waals surface area contributed by atoms with E-state index in [9.17, 15) is 0 Å². The van der Waals surface area contributed by atoms with Crippen LogP contribution in [0.15, 0.2) is 30.5 Å². The van der Waals surface area contributed by atoms with Gasteiger partial charge in [-0.3, -0.25) is 0 Å². The predicted molar refractivity (Wildman–Crippen MR) is 90.0 cm³/mol. The normalized spacial score (nSPS) is 22.8. The molecule has 1 aliphatic carbocycles. The molecule has 1 aliphatic rings. The Hall–Kier alpha value is -1.19. The quantitative estimate of drug-likeness (QED) is 0.872. The third kappa shape index (κ3) is 3.35. The highest BCUT2D eigenvalue weighted by Crippen LogP contribution is 2.38. The van der Waals surface area contributed by atoms with Crippen LogP contribution >= 0.6 is 11.3 Å². The number of aryl methyl sites for hydroxylation is 2. The lowest BCUT2D eigenvalue weighted by Gasteiger charge is -2.38. The van der Waals surface area contributed by atoms with Gasteiger partial charge in [-0.05, 0) is 44.6 Å². The minimum Gasteiger partial charge on any atom is -0.305 e. The van der Waals surface area contributed by atoms with Gasteiger partial charge < -0.3 is 5.32 Å². The first-order valence-corrected chi connectivity index (χ1v) is 8.74. The topological polar surface area (TPSA) is 24.9 Å². The average Bonchev–Trinajstić information content (AvgIpc) is 2.92. The Morgan fingerprint density at radius 3 is 2.62 bits per heavy atom. The smallest absolute Gasteiger partial charge is 0.109 e. The van der Waals surface area contributed by atoms with Crippen molar-refractivity contribution in [1.82, 2.24) is 10.3 Å². The third-order valence-corrected chi connectivity index (χ3v) is 5.79. The summed E-state index contributed by atoms with van der Waals surface area (Å²) in [5, 5.41) is 4.96. The molecule has 1 fully saturated rings. The van der Waals surface area contributed by atoms with E-state index in [4.69, 9.17) is 0 Å². The molecule has 1 aromatic heterocycles. The lowest BCUT2D eigenvalue weighted by Crippen LogP contribution is -2.41. The van der Waals surface area contributed by atoms with Crippen molar-refractivity contribution >= 4 is 11.3 Å². The molecule has 0 amide bonds. The summed E-state index contributed by atoms with van der Waals surface area (Å²) in [6.45, 7) is 6.57. The number of hydrogen-bond donors (Lipinski definition) is 1. The molecule has 3 heteroatoms. The van der Waals surface area contributed by atoms with Crippen molar-refractivity contribution in [2.75, 3.05) is 0 Å². The molecule has 1 saturated carbocycles. The molecule has 0 spiro atoms. The summed E-state index contributed by atoms with van der Waals surface area (Å²) in [4.78, 5) is 5.92. The van der Waals surface area contributed by atoms with E-state index in [0.29, 0.717) is 12.1 Å². The van der Waals surface area contributed by atoms with Crippen molar-refractivity contribution in [2.45, 2.75) is 58.0 Å². The van der Waals surface area contributed by atoms with Crippen LogP contribution < -0.4 is 5.32 Å². The van der Waals surface area contributed by atoms with Gasteiger partial charge in [0.15, 0.2) is 0 Å². The minimum atomic E-state index is 0.374. The SMILES string of the molecule is CCc1cnc(C(C)NC2CC(c3ccc(C)cc3)C2)s1. The Balaban J connectivity index is 1.51. The summed E-state index contributed by atoms with van der Waals surface area (Å²) in [7, 11) is 0. The van der Waals surface area contributed by atoms with Crippen LogP contribution in [0.2, 0.25) is 0 Å². The maximum atomic E-state index is 4.54. The number of nitrogens with one attached hydrogen (secondary N) is 1. The second-order valence-corrected chi connectivity index (χ2v) is 7.33. The first-order chi connectivity index (χ1) is 10.2. The summed E-state index contributed by atoms with van der Waals surface area (Å²) in [6.07, 6.45) is 5.61. The Bertz CT molecular complexity index is 582. The molecule has 112 valence electrons. The lowest BCUT2D eigenvalue weighted by atomic mass is 9.75. The van der Waals surface area contributed by atoms with Gasteiger partial charge >= 0.3 is 0 Å². The molecule has 1 atom stereocenters. The van der Waals surface area contributed by atoms with E-state index in [0.717, 1.165) is 12.3 Å². The maximum Gasteiger partial charge on any atom is 0.109 e. The van der Waals surface area contributed by atoms with Crippen molar-refractivity contribution in [1.29, 1.82) is 0 Å². The van der Waals surface area contributed by atoms with E-state index in [1.165, 1.54) is 33.9 Å². The fourth-order valence-electron chi connectivity index (χ4n) is 2.98. The van der Waals surface area contributed by atoms with Crippen LogP contribution in [0.3, 0.4) is 0 Å². The number of rotatable bonds is 5. The zero-order valence-electron chi connectivity index (χ0n) is 13.1. The van der Waals surface area contributed by atoms with E-state index in [-0.39, 0.29) is 0 Å². The van der Waals surface area contributed by atoms with Crippen LogP contribution in [-0.4, -0.2) is 11.0 Å². The first-order valence-electron chi connectivity index (χ1n) is 7.93. The molecule has 2 nitrogen and oxygen atoms in total. The molecule has 0 aliphatic heterocycles. The molecular weight excluding hydrogens is 276 g/mol. The van der Waals surface area contributed by atoms with Crippen molar-refractivity contribution in [3.05, 3.63) is 51.5 Å². The van der Waals surface area contributed by atoms with E-state index in [2.05, 4.69) is 55.3 Å². The van der Waals surface area contributed by atoms with Gasteiger partial charge in [0.05, 0.1) is 6.04 Å². The molecule has 21 heavy (non-hydrogen) atoms. The van der Waals surface area contributed by atoms with Crippen molar-refractivity contribution in [3.63, 3.8) is 0 Å². The third-order valence-electron chi connectivity index (χ3n) is 4.46. The van der Waals surface area contributed by atoms with Gasteiger partial charge in [-0.2, -0.15) is 0 Å². The monoisotopic (exact) mass is 300 g/mol.